The van der Waals surface area contributed by atoms with Crippen molar-refractivity contribution in [1.29, 1.82) is 0 Å². The van der Waals surface area contributed by atoms with Crippen molar-refractivity contribution in [2.24, 2.45) is 10.2 Å². The first-order valence-electron chi connectivity index (χ1n) is 7.41. The van der Waals surface area contributed by atoms with Crippen LogP contribution in [0.4, 0.5) is 11.5 Å². The van der Waals surface area contributed by atoms with Crippen LogP contribution in [0.1, 0.15) is 23.0 Å². The molecule has 1 aromatic carbocycles. The molecule has 0 amide bonds. The van der Waals surface area contributed by atoms with Crippen molar-refractivity contribution in [2.45, 2.75) is 13.8 Å². The van der Waals surface area contributed by atoms with Crippen LogP contribution in [0, 0.1) is 6.92 Å². The summed E-state index contributed by atoms with van der Waals surface area (Å²) in [6, 6.07) is 10.3. The highest BCUT2D eigenvalue weighted by Gasteiger charge is 2.09. The molecule has 0 saturated carbocycles. The maximum Gasteiger partial charge on any atom is 0.338 e. The topological polar surface area (TPSA) is 68.3 Å². The van der Waals surface area contributed by atoms with Gasteiger partial charge in [-0.15, -0.1) is 10.2 Å². The van der Waals surface area contributed by atoms with Crippen LogP contribution in [0.2, 0.25) is 5.02 Å². The van der Waals surface area contributed by atoms with Crippen LogP contribution in [0.3, 0.4) is 0 Å². The molecule has 6 nitrogen and oxygen atoms in total. The Hall–Kier alpha value is -2.73. The number of nitrogens with zero attached hydrogens (tertiary/aromatic N) is 4. The molecule has 24 heavy (non-hydrogen) atoms. The Balaban J connectivity index is 1.87. The second kappa shape index (κ2) is 6.80. The number of aromatic nitrogens is 2. The molecule has 7 heteroatoms. The van der Waals surface area contributed by atoms with Crippen LogP contribution < -0.4 is 0 Å². The van der Waals surface area contributed by atoms with E-state index in [4.69, 9.17) is 16.3 Å². The van der Waals surface area contributed by atoms with Crippen molar-refractivity contribution in [2.75, 3.05) is 6.61 Å². The lowest BCUT2D eigenvalue weighted by Gasteiger charge is -2.01. The normalized spacial score (nSPS) is 11.3. The highest BCUT2D eigenvalue weighted by atomic mass is 35.5. The van der Waals surface area contributed by atoms with Gasteiger partial charge in [-0.1, -0.05) is 11.6 Å². The summed E-state index contributed by atoms with van der Waals surface area (Å²) < 4.78 is 6.73. The second-order valence-corrected chi connectivity index (χ2v) is 5.50. The Labute approximate surface area is 143 Å². The third kappa shape index (κ3) is 3.28. The lowest BCUT2D eigenvalue weighted by molar-refractivity contribution is 0.0526. The number of benzene rings is 1. The van der Waals surface area contributed by atoms with Gasteiger partial charge in [-0.05, 0) is 50.2 Å². The summed E-state index contributed by atoms with van der Waals surface area (Å²) in [6.45, 7) is 3.97. The zero-order valence-electron chi connectivity index (χ0n) is 13.2. The Bertz CT molecular complexity index is 916. The number of rotatable bonds is 4. The van der Waals surface area contributed by atoms with Crippen molar-refractivity contribution in [3.8, 4) is 0 Å². The molecule has 0 bridgehead atoms. The summed E-state index contributed by atoms with van der Waals surface area (Å²) in [5.74, 6) is 0.259. The number of aryl methyl sites for hydroxylation is 1. The first kappa shape index (κ1) is 16.1. The summed E-state index contributed by atoms with van der Waals surface area (Å²) in [7, 11) is 0. The van der Waals surface area contributed by atoms with Gasteiger partial charge in [0.2, 0.25) is 0 Å². The number of hydrogen-bond donors (Lipinski definition) is 0. The van der Waals surface area contributed by atoms with E-state index >= 15 is 0 Å². The molecule has 122 valence electrons. The summed E-state index contributed by atoms with van der Waals surface area (Å²) in [5.41, 5.74) is 2.61. The number of fused-ring (bicyclic) bond motifs is 1. The SMILES string of the molecule is CCOC(=O)c1ccc(N=Nc2c(C)nc3ccc(Cl)cn23)cc1. The van der Waals surface area contributed by atoms with Crippen molar-refractivity contribution in [1.82, 2.24) is 9.38 Å². The van der Waals surface area contributed by atoms with E-state index < -0.39 is 0 Å². The second-order valence-electron chi connectivity index (χ2n) is 5.06. The smallest absolute Gasteiger partial charge is 0.338 e. The van der Waals surface area contributed by atoms with Crippen LogP contribution in [0.15, 0.2) is 52.8 Å². The van der Waals surface area contributed by atoms with Crippen LogP contribution in [0.25, 0.3) is 5.65 Å². The van der Waals surface area contributed by atoms with E-state index in [1.807, 2.05) is 13.0 Å². The maximum absolute atomic E-state index is 11.6. The highest BCUT2D eigenvalue weighted by molar-refractivity contribution is 6.30. The quantitative estimate of drug-likeness (QED) is 0.500. The number of halogens is 1. The van der Waals surface area contributed by atoms with Crippen LogP contribution in [-0.2, 0) is 4.74 Å². The highest BCUT2D eigenvalue weighted by Crippen LogP contribution is 2.25. The summed E-state index contributed by atoms with van der Waals surface area (Å²) in [6.07, 6.45) is 1.75. The first-order valence-corrected chi connectivity index (χ1v) is 7.79. The van der Waals surface area contributed by atoms with E-state index in [2.05, 4.69) is 15.2 Å². The Morgan fingerprint density at radius 3 is 2.67 bits per heavy atom. The van der Waals surface area contributed by atoms with Crippen LogP contribution in [-0.4, -0.2) is 22.0 Å². The number of esters is 1. The fraction of sp³-hybridized carbons (Fsp3) is 0.176. The largest absolute Gasteiger partial charge is 0.462 e. The Kier molecular flexibility index (Phi) is 4.57. The van der Waals surface area contributed by atoms with E-state index in [9.17, 15) is 4.79 Å². The van der Waals surface area contributed by atoms with Crippen LogP contribution >= 0.6 is 11.6 Å². The van der Waals surface area contributed by atoms with Gasteiger partial charge in [0.25, 0.3) is 0 Å². The van der Waals surface area contributed by atoms with Gasteiger partial charge >= 0.3 is 5.97 Å². The predicted octanol–water partition coefficient (Wildman–Crippen LogP) is 4.89. The number of ether oxygens (including phenoxy) is 1. The lowest BCUT2D eigenvalue weighted by atomic mass is 10.2. The number of azo groups is 1. The fourth-order valence-corrected chi connectivity index (χ4v) is 2.39. The minimum Gasteiger partial charge on any atom is -0.462 e. The molecule has 0 N–H and O–H groups in total. The van der Waals surface area contributed by atoms with E-state index in [1.165, 1.54) is 0 Å². The number of carbonyl (C=O) groups is 1. The standard InChI is InChI=1S/C17H15ClN4O2/c1-3-24-17(23)12-4-7-14(8-5-12)20-21-16-11(2)19-15-9-6-13(18)10-22(15)16/h4-10H,3H2,1-2H3. The third-order valence-electron chi connectivity index (χ3n) is 3.36. The molecule has 0 atom stereocenters. The van der Waals surface area contributed by atoms with E-state index in [0.717, 1.165) is 11.3 Å². The molecule has 0 aliphatic rings. The zero-order valence-corrected chi connectivity index (χ0v) is 14.0. The van der Waals surface area contributed by atoms with Gasteiger partial charge < -0.3 is 4.74 Å². The van der Waals surface area contributed by atoms with E-state index in [1.54, 1.807) is 47.9 Å². The van der Waals surface area contributed by atoms with Gasteiger partial charge in [-0.2, -0.15) is 0 Å². The number of pyridine rings is 1. The molecular formula is C17H15ClN4O2. The Morgan fingerprint density at radius 2 is 1.96 bits per heavy atom. The molecule has 0 radical (unpaired) electrons. The van der Waals surface area contributed by atoms with Gasteiger partial charge in [0.05, 0.1) is 28.6 Å². The molecular weight excluding hydrogens is 328 g/mol. The average molecular weight is 343 g/mol. The third-order valence-corrected chi connectivity index (χ3v) is 3.59. The summed E-state index contributed by atoms with van der Waals surface area (Å²) in [4.78, 5) is 16.0. The van der Waals surface area contributed by atoms with Gasteiger partial charge in [-0.25, -0.2) is 9.78 Å². The predicted molar refractivity (Wildman–Crippen MR) is 91.5 cm³/mol. The lowest BCUT2D eigenvalue weighted by Crippen LogP contribution is -2.03. The molecule has 3 aromatic rings. The van der Waals surface area contributed by atoms with Gasteiger partial charge in [-0.3, -0.25) is 4.40 Å². The molecule has 2 aromatic heterocycles. The van der Waals surface area contributed by atoms with Crippen molar-refractivity contribution in [3.63, 3.8) is 0 Å². The van der Waals surface area contributed by atoms with E-state index in [-0.39, 0.29) is 5.97 Å². The number of hydrogen-bond acceptors (Lipinski definition) is 5. The Morgan fingerprint density at radius 1 is 1.21 bits per heavy atom. The molecule has 0 spiro atoms. The average Bonchev–Trinajstić information content (AvgIpc) is 2.88. The van der Waals surface area contributed by atoms with Crippen molar-refractivity contribution < 1.29 is 9.53 Å². The summed E-state index contributed by atoms with van der Waals surface area (Å²) in [5, 5.41) is 9.06. The molecule has 3 rings (SSSR count). The monoisotopic (exact) mass is 342 g/mol. The maximum atomic E-state index is 11.6. The van der Waals surface area contributed by atoms with E-state index in [0.29, 0.717) is 28.7 Å². The minimum atomic E-state index is -0.353. The van der Waals surface area contributed by atoms with Gasteiger partial charge in [0.1, 0.15) is 5.65 Å². The number of imidazole rings is 1. The summed E-state index contributed by atoms with van der Waals surface area (Å²) >= 11 is 6.03. The molecule has 0 saturated heterocycles. The minimum absolute atomic E-state index is 0.344. The zero-order chi connectivity index (χ0) is 17.1. The van der Waals surface area contributed by atoms with Crippen molar-refractivity contribution in [3.05, 3.63) is 58.9 Å². The fourth-order valence-electron chi connectivity index (χ4n) is 2.23. The molecule has 0 aliphatic carbocycles. The van der Waals surface area contributed by atoms with Gasteiger partial charge in [0.15, 0.2) is 5.82 Å². The molecule has 0 aliphatic heterocycles. The molecule has 0 unspecified atom stereocenters. The van der Waals surface area contributed by atoms with Crippen LogP contribution in [0.5, 0.6) is 0 Å². The molecule has 2 heterocycles. The number of carbonyl (C=O) groups excluding carboxylic acids is 1. The molecule has 0 fully saturated rings. The van der Waals surface area contributed by atoms with Gasteiger partial charge in [0, 0.05) is 6.20 Å². The first-order chi connectivity index (χ1) is 11.6. The van der Waals surface area contributed by atoms with Crippen molar-refractivity contribution >= 4 is 34.7 Å².